The second-order valence-electron chi connectivity index (χ2n) is 9.87. The minimum atomic E-state index is -0.168. The lowest BCUT2D eigenvalue weighted by Gasteiger charge is -2.47. The van der Waals surface area contributed by atoms with E-state index in [1.54, 1.807) is 10.9 Å². The highest BCUT2D eigenvalue weighted by Crippen LogP contribution is 2.34. The number of aryl methyl sites for hydroxylation is 1. The molecule has 2 aliphatic heterocycles. The molecule has 3 aromatic rings. The summed E-state index contributed by atoms with van der Waals surface area (Å²) in [5.41, 5.74) is 3.53. The molecule has 1 aromatic carbocycles. The summed E-state index contributed by atoms with van der Waals surface area (Å²) in [6, 6.07) is 8.02. The van der Waals surface area contributed by atoms with E-state index >= 15 is 0 Å². The van der Waals surface area contributed by atoms with Crippen molar-refractivity contribution in [1.29, 1.82) is 5.26 Å². The number of fused-ring (bicyclic) bond motifs is 1. The molecule has 2 saturated heterocycles. The maximum absolute atomic E-state index is 9.63. The van der Waals surface area contributed by atoms with Gasteiger partial charge in [0.05, 0.1) is 12.2 Å². The fraction of sp³-hybridized carbons (Fsp3) is 0.538. The second kappa shape index (κ2) is 9.52. The standard InChI is InChI=1S/C26H32ClN7/c1-4-9-32-10-5-6-19(14-32)20-15-33(16-20)24-13-29-25-23(12-28)31-34(26(25)30-24)18(3)21-8-7-17(2)11-22(21)27/h7-8,11,13,18-20H,4-6,9-10,14-16H2,1-3H3. The largest absolute Gasteiger partial charge is 0.355 e. The first kappa shape index (κ1) is 23.1. The lowest BCUT2D eigenvalue weighted by Crippen LogP contribution is -2.53. The monoisotopic (exact) mass is 477 g/mol. The first-order chi connectivity index (χ1) is 16.5. The summed E-state index contributed by atoms with van der Waals surface area (Å²) >= 11 is 6.55. The molecule has 0 amide bonds. The van der Waals surface area contributed by atoms with Gasteiger partial charge < -0.3 is 9.80 Å². The first-order valence-electron chi connectivity index (χ1n) is 12.4. The highest BCUT2D eigenvalue weighted by Gasteiger charge is 2.36. The van der Waals surface area contributed by atoms with Crippen LogP contribution in [0.5, 0.6) is 0 Å². The van der Waals surface area contributed by atoms with E-state index < -0.39 is 0 Å². The van der Waals surface area contributed by atoms with Gasteiger partial charge in [-0.15, -0.1) is 0 Å². The third-order valence-electron chi connectivity index (χ3n) is 7.45. The van der Waals surface area contributed by atoms with E-state index in [1.165, 1.54) is 38.9 Å². The Kier molecular flexibility index (Phi) is 6.46. The van der Waals surface area contributed by atoms with Gasteiger partial charge in [-0.3, -0.25) is 0 Å². The molecule has 0 saturated carbocycles. The van der Waals surface area contributed by atoms with Gasteiger partial charge in [-0.05, 0) is 75.2 Å². The predicted octanol–water partition coefficient (Wildman–Crippen LogP) is 4.83. The van der Waals surface area contributed by atoms with Crippen LogP contribution in [0.25, 0.3) is 11.2 Å². The summed E-state index contributed by atoms with van der Waals surface area (Å²) in [5, 5.41) is 14.9. The summed E-state index contributed by atoms with van der Waals surface area (Å²) < 4.78 is 1.79. The molecule has 2 aromatic heterocycles. The lowest BCUT2D eigenvalue weighted by molar-refractivity contribution is 0.120. The van der Waals surface area contributed by atoms with E-state index in [1.807, 2.05) is 32.0 Å². The quantitative estimate of drug-likeness (QED) is 0.506. The molecule has 2 atom stereocenters. The fourth-order valence-corrected chi connectivity index (χ4v) is 5.89. The summed E-state index contributed by atoms with van der Waals surface area (Å²) in [4.78, 5) is 14.5. The molecule has 178 valence electrons. The van der Waals surface area contributed by atoms with Gasteiger partial charge in [0.1, 0.15) is 17.4 Å². The van der Waals surface area contributed by atoms with E-state index in [9.17, 15) is 5.26 Å². The molecule has 2 fully saturated rings. The predicted molar refractivity (Wildman–Crippen MR) is 135 cm³/mol. The fourth-order valence-electron chi connectivity index (χ4n) is 5.49. The van der Waals surface area contributed by atoms with Gasteiger partial charge in [0, 0.05) is 24.7 Å². The van der Waals surface area contributed by atoms with Gasteiger partial charge in [-0.2, -0.15) is 10.4 Å². The maximum Gasteiger partial charge on any atom is 0.190 e. The average Bonchev–Trinajstić information content (AvgIpc) is 3.16. The van der Waals surface area contributed by atoms with Crippen LogP contribution in [0.2, 0.25) is 5.02 Å². The zero-order chi connectivity index (χ0) is 23.8. The number of nitrogens with zero attached hydrogens (tertiary/aromatic N) is 7. The van der Waals surface area contributed by atoms with Crippen LogP contribution in [-0.4, -0.2) is 57.4 Å². The van der Waals surface area contributed by atoms with Crippen molar-refractivity contribution < 1.29 is 0 Å². The van der Waals surface area contributed by atoms with Gasteiger partial charge in [-0.1, -0.05) is 30.7 Å². The van der Waals surface area contributed by atoms with Gasteiger partial charge in [-0.25, -0.2) is 14.6 Å². The zero-order valence-corrected chi connectivity index (χ0v) is 21.0. The molecule has 34 heavy (non-hydrogen) atoms. The number of anilines is 1. The van der Waals surface area contributed by atoms with Gasteiger partial charge in [0.2, 0.25) is 0 Å². The lowest BCUT2D eigenvalue weighted by atomic mass is 9.80. The number of hydrogen-bond acceptors (Lipinski definition) is 6. The number of rotatable bonds is 6. The van der Waals surface area contributed by atoms with E-state index in [4.69, 9.17) is 16.6 Å². The van der Waals surface area contributed by atoms with E-state index in [2.05, 4.69) is 32.9 Å². The number of halogens is 1. The van der Waals surface area contributed by atoms with Crippen LogP contribution in [0.4, 0.5) is 5.82 Å². The topological polar surface area (TPSA) is 73.9 Å². The van der Waals surface area contributed by atoms with Crippen LogP contribution in [0.15, 0.2) is 24.4 Å². The molecule has 7 nitrogen and oxygen atoms in total. The van der Waals surface area contributed by atoms with Crippen LogP contribution in [0, 0.1) is 30.1 Å². The molecule has 4 heterocycles. The van der Waals surface area contributed by atoms with Crippen molar-refractivity contribution in [3.63, 3.8) is 0 Å². The van der Waals surface area contributed by atoms with Crippen molar-refractivity contribution in [2.24, 2.45) is 11.8 Å². The van der Waals surface area contributed by atoms with Crippen LogP contribution >= 0.6 is 11.6 Å². The van der Waals surface area contributed by atoms with Crippen molar-refractivity contribution in [2.75, 3.05) is 37.6 Å². The Morgan fingerprint density at radius 2 is 2.06 bits per heavy atom. The van der Waals surface area contributed by atoms with Gasteiger partial charge >= 0.3 is 0 Å². The van der Waals surface area contributed by atoms with Crippen LogP contribution < -0.4 is 4.90 Å². The molecule has 0 radical (unpaired) electrons. The summed E-state index contributed by atoms with van der Waals surface area (Å²) in [6.07, 6.45) is 5.65. The number of piperidine rings is 1. The average molecular weight is 478 g/mol. The molecule has 8 heteroatoms. The molecule has 2 unspecified atom stereocenters. The van der Waals surface area contributed by atoms with Crippen LogP contribution in [0.1, 0.15) is 56.0 Å². The number of benzene rings is 1. The maximum atomic E-state index is 9.63. The first-order valence-corrected chi connectivity index (χ1v) is 12.7. The third-order valence-corrected chi connectivity index (χ3v) is 7.78. The van der Waals surface area contributed by atoms with E-state index in [0.717, 1.165) is 36.0 Å². The molecule has 0 N–H and O–H groups in total. The second-order valence-corrected chi connectivity index (χ2v) is 10.3. The Morgan fingerprint density at radius 1 is 1.24 bits per heavy atom. The Bertz CT molecular complexity index is 1220. The summed E-state index contributed by atoms with van der Waals surface area (Å²) in [5.74, 6) is 2.34. The summed E-state index contributed by atoms with van der Waals surface area (Å²) in [6.45, 7) is 12.0. The molecule has 5 rings (SSSR count). The van der Waals surface area contributed by atoms with E-state index in [0.29, 0.717) is 27.8 Å². The van der Waals surface area contributed by atoms with Gasteiger partial charge in [0.15, 0.2) is 11.3 Å². The molecule has 2 aliphatic rings. The van der Waals surface area contributed by atoms with E-state index in [-0.39, 0.29) is 6.04 Å². The number of hydrogen-bond donors (Lipinski definition) is 0. The number of likely N-dealkylation sites (tertiary alicyclic amines) is 1. The molecular weight excluding hydrogens is 446 g/mol. The minimum absolute atomic E-state index is 0.168. The SMILES string of the molecule is CCCN1CCCC(C2CN(c3cnc4c(C#N)nn(C(C)c5ccc(C)cc5Cl)c4n3)C2)C1. The Balaban J connectivity index is 1.38. The third kappa shape index (κ3) is 4.25. The Labute approximate surface area is 206 Å². The highest BCUT2D eigenvalue weighted by molar-refractivity contribution is 6.31. The van der Waals surface area contributed by atoms with Crippen molar-refractivity contribution in [1.82, 2.24) is 24.6 Å². The van der Waals surface area contributed by atoms with Gasteiger partial charge in [0.25, 0.3) is 0 Å². The Hall–Kier alpha value is -2.69. The molecule has 0 spiro atoms. The molecular formula is C26H32ClN7. The van der Waals surface area contributed by atoms with Crippen molar-refractivity contribution in [3.05, 3.63) is 46.2 Å². The smallest absolute Gasteiger partial charge is 0.190 e. The van der Waals surface area contributed by atoms with Crippen LogP contribution in [0.3, 0.4) is 0 Å². The number of aromatic nitrogens is 4. The normalized spacial score (nSPS) is 20.3. The van der Waals surface area contributed by atoms with Crippen molar-refractivity contribution in [2.45, 2.75) is 46.1 Å². The molecule has 0 bridgehead atoms. The Morgan fingerprint density at radius 3 is 2.79 bits per heavy atom. The van der Waals surface area contributed by atoms with Crippen molar-refractivity contribution >= 4 is 28.6 Å². The summed E-state index contributed by atoms with van der Waals surface area (Å²) in [7, 11) is 0. The zero-order valence-electron chi connectivity index (χ0n) is 20.2. The minimum Gasteiger partial charge on any atom is -0.355 e. The van der Waals surface area contributed by atoms with Crippen molar-refractivity contribution in [3.8, 4) is 6.07 Å². The highest BCUT2D eigenvalue weighted by atomic mass is 35.5. The number of nitriles is 1. The van der Waals surface area contributed by atoms with Crippen LogP contribution in [-0.2, 0) is 0 Å². The molecule has 0 aliphatic carbocycles.